The Morgan fingerprint density at radius 1 is 1.00 bits per heavy atom. The van der Waals surface area contributed by atoms with E-state index in [2.05, 4.69) is 21.5 Å². The molecule has 0 aliphatic carbocycles. The van der Waals surface area contributed by atoms with E-state index in [9.17, 15) is 0 Å². The highest BCUT2D eigenvalue weighted by Crippen LogP contribution is 2.27. The molecule has 0 aliphatic rings. The van der Waals surface area contributed by atoms with Gasteiger partial charge in [-0.2, -0.15) is 0 Å². The zero-order valence-electron chi connectivity index (χ0n) is 16.6. The van der Waals surface area contributed by atoms with E-state index in [1.165, 1.54) is 5.56 Å². The smallest absolute Gasteiger partial charge is 0.191 e. The number of guanidine groups is 1. The summed E-state index contributed by atoms with van der Waals surface area (Å²) in [6, 6.07) is 13.8. The molecule has 6 heteroatoms. The van der Waals surface area contributed by atoms with E-state index >= 15 is 0 Å². The number of nitrogens with one attached hydrogen (secondary N) is 2. The maximum absolute atomic E-state index is 5.38. The van der Waals surface area contributed by atoms with Crippen LogP contribution in [0.1, 0.15) is 11.1 Å². The van der Waals surface area contributed by atoms with Crippen LogP contribution >= 0.6 is 0 Å². The van der Waals surface area contributed by atoms with E-state index in [1.54, 1.807) is 21.3 Å². The molecule has 28 heavy (non-hydrogen) atoms. The zero-order valence-corrected chi connectivity index (χ0v) is 16.6. The molecule has 0 atom stereocenters. The second-order valence-electron chi connectivity index (χ2n) is 5.93. The standard InChI is InChI=1S/C22H27N3O3/c1-5-14-28-19-9-6-17(7-10-19)12-13-24-22(23-2)25-16-18-8-11-20(26-3)21(15-18)27-4/h1,6-11,15H,12-14,16H2,2-4H3,(H2,23,24,25). The SMILES string of the molecule is C#CCOc1ccc(CCNC(=NC)NCc2ccc(OC)c(OC)c2)cc1. The molecule has 2 aromatic rings. The molecule has 0 fully saturated rings. The van der Waals surface area contributed by atoms with Crippen LogP contribution in [0.3, 0.4) is 0 Å². The molecule has 0 bridgehead atoms. The molecule has 2 rings (SSSR count). The summed E-state index contributed by atoms with van der Waals surface area (Å²) in [5.41, 5.74) is 2.28. The zero-order chi connectivity index (χ0) is 20.2. The number of hydrogen-bond donors (Lipinski definition) is 2. The number of nitrogens with zero attached hydrogens (tertiary/aromatic N) is 1. The lowest BCUT2D eigenvalue weighted by Crippen LogP contribution is -2.37. The van der Waals surface area contributed by atoms with Crippen LogP contribution in [-0.2, 0) is 13.0 Å². The number of terminal acetylenes is 1. The molecule has 2 N–H and O–H groups in total. The van der Waals surface area contributed by atoms with Crippen LogP contribution in [0, 0.1) is 12.3 Å². The van der Waals surface area contributed by atoms with Crippen molar-refractivity contribution in [2.45, 2.75) is 13.0 Å². The van der Waals surface area contributed by atoms with Gasteiger partial charge in [0.05, 0.1) is 14.2 Å². The van der Waals surface area contributed by atoms with Gasteiger partial charge in [-0.3, -0.25) is 4.99 Å². The fourth-order valence-electron chi connectivity index (χ4n) is 2.60. The minimum atomic E-state index is 0.281. The molecule has 0 amide bonds. The van der Waals surface area contributed by atoms with Crippen molar-refractivity contribution < 1.29 is 14.2 Å². The van der Waals surface area contributed by atoms with Crippen molar-refractivity contribution in [1.82, 2.24) is 10.6 Å². The van der Waals surface area contributed by atoms with Crippen LogP contribution in [-0.4, -0.2) is 40.4 Å². The number of ether oxygens (including phenoxy) is 3. The summed E-state index contributed by atoms with van der Waals surface area (Å²) in [5.74, 6) is 5.39. The molecule has 148 valence electrons. The number of rotatable bonds is 9. The van der Waals surface area contributed by atoms with Gasteiger partial charge in [-0.15, -0.1) is 6.42 Å². The van der Waals surface area contributed by atoms with Gasteiger partial charge < -0.3 is 24.8 Å². The maximum Gasteiger partial charge on any atom is 0.191 e. The first kappa shape index (κ1) is 21.0. The first-order valence-electron chi connectivity index (χ1n) is 9.00. The number of benzene rings is 2. The molecule has 0 saturated heterocycles. The van der Waals surface area contributed by atoms with Crippen LogP contribution in [0.25, 0.3) is 0 Å². The summed E-state index contributed by atoms with van der Waals surface area (Å²) in [6.07, 6.45) is 6.06. The highest BCUT2D eigenvalue weighted by molar-refractivity contribution is 5.79. The van der Waals surface area contributed by atoms with Gasteiger partial charge in [-0.05, 0) is 41.8 Å². The third-order valence-corrected chi connectivity index (χ3v) is 4.08. The molecule has 0 aliphatic heterocycles. The van der Waals surface area contributed by atoms with Crippen LogP contribution in [0.15, 0.2) is 47.5 Å². The highest BCUT2D eigenvalue weighted by atomic mass is 16.5. The van der Waals surface area contributed by atoms with Gasteiger partial charge >= 0.3 is 0 Å². The summed E-state index contributed by atoms with van der Waals surface area (Å²) in [7, 11) is 5.00. The lowest BCUT2D eigenvalue weighted by molar-refractivity contribution is 0.354. The van der Waals surface area contributed by atoms with Gasteiger partial charge in [-0.1, -0.05) is 24.1 Å². The first-order valence-corrected chi connectivity index (χ1v) is 9.00. The fourth-order valence-corrected chi connectivity index (χ4v) is 2.60. The summed E-state index contributed by atoms with van der Waals surface area (Å²) in [4.78, 5) is 4.26. The monoisotopic (exact) mass is 381 g/mol. The number of hydrogen-bond acceptors (Lipinski definition) is 4. The number of aliphatic imine (C=N–C) groups is 1. The van der Waals surface area contributed by atoms with Crippen molar-refractivity contribution in [1.29, 1.82) is 0 Å². The van der Waals surface area contributed by atoms with Crippen LogP contribution in [0.4, 0.5) is 0 Å². The predicted octanol–water partition coefficient (Wildman–Crippen LogP) is 2.62. The average Bonchev–Trinajstić information content (AvgIpc) is 2.75. The van der Waals surface area contributed by atoms with Crippen molar-refractivity contribution in [3.63, 3.8) is 0 Å². The van der Waals surface area contributed by atoms with Crippen molar-refractivity contribution in [2.24, 2.45) is 4.99 Å². The van der Waals surface area contributed by atoms with Crippen molar-refractivity contribution in [3.8, 4) is 29.6 Å². The van der Waals surface area contributed by atoms with Gasteiger partial charge in [0.1, 0.15) is 12.4 Å². The van der Waals surface area contributed by atoms with Gasteiger partial charge in [0.15, 0.2) is 17.5 Å². The normalized spacial score (nSPS) is 10.7. The van der Waals surface area contributed by atoms with E-state index in [0.717, 1.165) is 30.2 Å². The first-order chi connectivity index (χ1) is 13.7. The van der Waals surface area contributed by atoms with Crippen molar-refractivity contribution >= 4 is 5.96 Å². The van der Waals surface area contributed by atoms with Gasteiger partial charge in [0.2, 0.25) is 0 Å². The second kappa shape index (κ2) is 11.4. The lowest BCUT2D eigenvalue weighted by atomic mass is 10.1. The van der Waals surface area contributed by atoms with E-state index in [1.807, 2.05) is 42.5 Å². The minimum absolute atomic E-state index is 0.281. The Balaban J connectivity index is 1.79. The van der Waals surface area contributed by atoms with Crippen LogP contribution < -0.4 is 24.8 Å². The molecular weight excluding hydrogens is 354 g/mol. The summed E-state index contributed by atoms with van der Waals surface area (Å²) >= 11 is 0. The third-order valence-electron chi connectivity index (χ3n) is 4.08. The molecular formula is C22H27N3O3. The maximum atomic E-state index is 5.38. The van der Waals surface area contributed by atoms with E-state index < -0.39 is 0 Å². The van der Waals surface area contributed by atoms with Gasteiger partial charge in [0, 0.05) is 20.1 Å². The third kappa shape index (κ3) is 6.44. The minimum Gasteiger partial charge on any atom is -0.493 e. The molecule has 2 aromatic carbocycles. The average molecular weight is 381 g/mol. The van der Waals surface area contributed by atoms with E-state index in [-0.39, 0.29) is 6.61 Å². The lowest BCUT2D eigenvalue weighted by Gasteiger charge is -2.13. The predicted molar refractivity (Wildman–Crippen MR) is 112 cm³/mol. The topological polar surface area (TPSA) is 64.1 Å². The van der Waals surface area contributed by atoms with Crippen LogP contribution in [0.2, 0.25) is 0 Å². The second-order valence-corrected chi connectivity index (χ2v) is 5.93. The molecule has 0 saturated carbocycles. The molecule has 0 heterocycles. The molecule has 0 unspecified atom stereocenters. The fraction of sp³-hybridized carbons (Fsp3) is 0.318. The quantitative estimate of drug-likeness (QED) is 0.397. The Kier molecular flexibility index (Phi) is 8.54. The molecule has 0 radical (unpaired) electrons. The van der Waals surface area contributed by atoms with E-state index in [0.29, 0.717) is 18.0 Å². The Bertz CT molecular complexity index is 811. The van der Waals surface area contributed by atoms with Crippen molar-refractivity contribution in [3.05, 3.63) is 53.6 Å². The highest BCUT2D eigenvalue weighted by Gasteiger charge is 2.05. The summed E-state index contributed by atoms with van der Waals surface area (Å²) in [6.45, 7) is 1.67. The molecule has 0 spiro atoms. The Labute approximate surface area is 166 Å². The summed E-state index contributed by atoms with van der Waals surface area (Å²) < 4.78 is 16.0. The van der Waals surface area contributed by atoms with Crippen molar-refractivity contribution in [2.75, 3.05) is 34.4 Å². The number of methoxy groups -OCH3 is 2. The largest absolute Gasteiger partial charge is 0.493 e. The summed E-state index contributed by atoms with van der Waals surface area (Å²) in [5, 5.41) is 6.61. The Hall–Kier alpha value is -3.33. The van der Waals surface area contributed by atoms with Gasteiger partial charge in [-0.25, -0.2) is 0 Å². The molecule has 0 aromatic heterocycles. The Morgan fingerprint density at radius 3 is 2.36 bits per heavy atom. The van der Waals surface area contributed by atoms with Crippen LogP contribution in [0.5, 0.6) is 17.2 Å². The Morgan fingerprint density at radius 2 is 1.71 bits per heavy atom. The van der Waals surface area contributed by atoms with E-state index in [4.69, 9.17) is 20.6 Å². The molecule has 6 nitrogen and oxygen atoms in total. The van der Waals surface area contributed by atoms with Gasteiger partial charge in [0.25, 0.3) is 0 Å².